The van der Waals surface area contributed by atoms with Crippen molar-refractivity contribution >= 4 is 12.2 Å². The average molecular weight is 168 g/mol. The number of unbranched alkanes of at least 4 members (excludes halogenated alkanes) is 1. The largest absolute Gasteiger partial charge is 0.355 e. The highest BCUT2D eigenvalue weighted by Crippen LogP contribution is 1.95. The maximum absolute atomic E-state index is 11.0. The summed E-state index contributed by atoms with van der Waals surface area (Å²) in [6.07, 6.45) is 3.71. The van der Waals surface area contributed by atoms with Gasteiger partial charge in [-0.05, 0) is 6.42 Å². The Labute approximate surface area is 72.8 Å². The highest BCUT2D eigenvalue weighted by molar-refractivity contribution is 6.08. The van der Waals surface area contributed by atoms with E-state index < -0.39 is 0 Å². The Kier molecular flexibility index (Phi) is 5.97. The molecule has 12 heavy (non-hydrogen) atoms. The number of carbonyl (C=O) groups excluding carboxylic acids is 2. The van der Waals surface area contributed by atoms with Crippen molar-refractivity contribution in [3.8, 4) is 0 Å². The number of hydrogen-bond acceptors (Lipinski definition) is 2. The summed E-state index contributed by atoms with van der Waals surface area (Å²) in [5.41, 5.74) is 0. The zero-order valence-electron chi connectivity index (χ0n) is 7.30. The fourth-order valence-electron chi connectivity index (χ4n) is 0.675. The third kappa shape index (κ3) is 3.91. The Morgan fingerprint density at radius 3 is 2.67 bits per heavy atom. The van der Waals surface area contributed by atoms with Crippen LogP contribution < -0.4 is 5.32 Å². The molecule has 1 radical (unpaired) electrons. The molecule has 0 unspecified atom stereocenters. The Morgan fingerprint density at radius 2 is 2.25 bits per heavy atom. The van der Waals surface area contributed by atoms with Gasteiger partial charge >= 0.3 is 0 Å². The molecule has 3 nitrogen and oxygen atoms in total. The van der Waals surface area contributed by atoms with Crippen LogP contribution in [0, 0.1) is 5.92 Å². The van der Waals surface area contributed by atoms with Crippen LogP contribution in [0.1, 0.15) is 19.8 Å². The summed E-state index contributed by atoms with van der Waals surface area (Å²) in [4.78, 5) is 21.3. The van der Waals surface area contributed by atoms with Crippen molar-refractivity contribution < 1.29 is 9.59 Å². The quantitative estimate of drug-likeness (QED) is 0.363. The molecule has 0 aliphatic rings. The monoisotopic (exact) mass is 168 g/mol. The van der Waals surface area contributed by atoms with E-state index in [1.54, 1.807) is 0 Å². The van der Waals surface area contributed by atoms with E-state index in [2.05, 4.69) is 11.9 Å². The van der Waals surface area contributed by atoms with Crippen molar-refractivity contribution in [1.29, 1.82) is 0 Å². The van der Waals surface area contributed by atoms with Crippen LogP contribution in [0.2, 0.25) is 0 Å². The van der Waals surface area contributed by atoms with E-state index >= 15 is 0 Å². The summed E-state index contributed by atoms with van der Waals surface area (Å²) in [5.74, 6) is -0.250. The molecule has 0 spiro atoms. The Hall–Kier alpha value is -1.12. The lowest BCUT2D eigenvalue weighted by molar-refractivity contribution is -0.121. The van der Waals surface area contributed by atoms with E-state index in [1.165, 1.54) is 6.08 Å². The standard InChI is InChI=1S/C9H14NO2/c1-3-5-6-10-9(12)8(4-2)7-11/h4,7H,2-3,5-6H2,1H3,(H,10,12). The molecule has 0 aromatic heterocycles. The number of hydrogen-bond donors (Lipinski definition) is 1. The first-order valence-electron chi connectivity index (χ1n) is 3.99. The maximum Gasteiger partial charge on any atom is 0.239 e. The number of aldehydes is 1. The van der Waals surface area contributed by atoms with Crippen LogP contribution in [-0.2, 0) is 9.59 Å². The molecule has 0 heterocycles. The molecule has 0 rings (SSSR count). The van der Waals surface area contributed by atoms with Gasteiger partial charge in [0.25, 0.3) is 0 Å². The van der Waals surface area contributed by atoms with E-state index in [4.69, 9.17) is 0 Å². The van der Waals surface area contributed by atoms with Crippen molar-refractivity contribution in [3.63, 3.8) is 0 Å². The molecule has 0 saturated heterocycles. The second kappa shape index (κ2) is 6.58. The summed E-state index contributed by atoms with van der Waals surface area (Å²) < 4.78 is 0. The van der Waals surface area contributed by atoms with Crippen molar-refractivity contribution in [1.82, 2.24) is 5.32 Å². The number of nitrogens with one attached hydrogen (secondary N) is 1. The van der Waals surface area contributed by atoms with Gasteiger partial charge < -0.3 is 10.1 Å². The lowest BCUT2D eigenvalue weighted by Gasteiger charge is -2.04. The van der Waals surface area contributed by atoms with Crippen LogP contribution in [0.5, 0.6) is 0 Å². The van der Waals surface area contributed by atoms with E-state index in [0.29, 0.717) is 12.8 Å². The fourth-order valence-corrected chi connectivity index (χ4v) is 0.675. The zero-order valence-corrected chi connectivity index (χ0v) is 7.30. The Morgan fingerprint density at radius 1 is 1.58 bits per heavy atom. The minimum atomic E-state index is -0.339. The van der Waals surface area contributed by atoms with Crippen LogP contribution in [-0.4, -0.2) is 18.7 Å². The molecule has 0 saturated carbocycles. The summed E-state index contributed by atoms with van der Waals surface area (Å²) in [7, 11) is 0. The van der Waals surface area contributed by atoms with Crippen molar-refractivity contribution in [2.75, 3.05) is 6.54 Å². The SMILES string of the molecule is C=C[C](C=O)C(=O)NCCCC. The van der Waals surface area contributed by atoms with Gasteiger partial charge in [-0.3, -0.25) is 4.79 Å². The third-order valence-corrected chi connectivity index (χ3v) is 1.42. The average Bonchev–Trinajstić information content (AvgIpc) is 2.07. The first kappa shape index (κ1) is 10.9. The minimum absolute atomic E-state index is 0.0890. The van der Waals surface area contributed by atoms with Crippen molar-refractivity contribution in [3.05, 3.63) is 18.6 Å². The van der Waals surface area contributed by atoms with Crippen LogP contribution in [0.25, 0.3) is 0 Å². The van der Waals surface area contributed by atoms with Crippen molar-refractivity contribution in [2.45, 2.75) is 19.8 Å². The zero-order chi connectivity index (χ0) is 9.40. The summed E-state index contributed by atoms with van der Waals surface area (Å²) in [6.45, 7) is 6.00. The van der Waals surface area contributed by atoms with Gasteiger partial charge in [0.05, 0.1) is 0 Å². The van der Waals surface area contributed by atoms with E-state index in [1.807, 2.05) is 6.92 Å². The molecule has 1 amide bonds. The lowest BCUT2D eigenvalue weighted by Crippen LogP contribution is -2.29. The second-order valence-electron chi connectivity index (χ2n) is 2.39. The molecule has 0 aromatic rings. The van der Waals surface area contributed by atoms with E-state index in [-0.39, 0.29) is 11.8 Å². The fraction of sp³-hybridized carbons (Fsp3) is 0.444. The normalized spacial score (nSPS) is 9.50. The van der Waals surface area contributed by atoms with Gasteiger partial charge in [-0.2, -0.15) is 0 Å². The molecule has 0 atom stereocenters. The summed E-state index contributed by atoms with van der Waals surface area (Å²) >= 11 is 0. The summed E-state index contributed by atoms with van der Waals surface area (Å²) in [6, 6.07) is 0. The minimum Gasteiger partial charge on any atom is -0.355 e. The van der Waals surface area contributed by atoms with Crippen LogP contribution in [0.4, 0.5) is 0 Å². The predicted octanol–water partition coefficient (Wildman–Crippen LogP) is 0.862. The molecule has 0 fully saturated rings. The van der Waals surface area contributed by atoms with Gasteiger partial charge in [0.2, 0.25) is 5.91 Å². The van der Waals surface area contributed by atoms with Gasteiger partial charge in [-0.15, -0.1) is 6.58 Å². The van der Waals surface area contributed by atoms with E-state index in [9.17, 15) is 9.59 Å². The molecule has 0 bridgehead atoms. The van der Waals surface area contributed by atoms with E-state index in [0.717, 1.165) is 12.8 Å². The topological polar surface area (TPSA) is 46.2 Å². The molecule has 0 aromatic carbocycles. The highest BCUT2D eigenvalue weighted by atomic mass is 16.2. The van der Waals surface area contributed by atoms with Gasteiger partial charge in [0, 0.05) is 6.54 Å². The number of carbonyl (C=O) groups is 2. The Bertz CT molecular complexity index is 158. The van der Waals surface area contributed by atoms with Gasteiger partial charge in [-0.1, -0.05) is 19.4 Å². The number of amides is 1. The highest BCUT2D eigenvalue weighted by Gasteiger charge is 2.12. The van der Waals surface area contributed by atoms with Gasteiger partial charge in [0.1, 0.15) is 12.2 Å². The lowest BCUT2D eigenvalue weighted by atomic mass is 10.1. The smallest absolute Gasteiger partial charge is 0.239 e. The maximum atomic E-state index is 11.0. The van der Waals surface area contributed by atoms with Crippen LogP contribution in [0.15, 0.2) is 12.7 Å². The first-order valence-corrected chi connectivity index (χ1v) is 3.99. The number of rotatable bonds is 6. The molecular weight excluding hydrogens is 154 g/mol. The predicted molar refractivity (Wildman–Crippen MR) is 47.4 cm³/mol. The Balaban J connectivity index is 3.69. The molecule has 67 valence electrons. The molecule has 0 aliphatic carbocycles. The third-order valence-electron chi connectivity index (χ3n) is 1.42. The van der Waals surface area contributed by atoms with Gasteiger partial charge in [-0.25, -0.2) is 0 Å². The van der Waals surface area contributed by atoms with Crippen molar-refractivity contribution in [2.24, 2.45) is 0 Å². The second-order valence-corrected chi connectivity index (χ2v) is 2.39. The molecule has 0 aliphatic heterocycles. The molecule has 1 N–H and O–H groups in total. The molecular formula is C9H14NO2. The first-order chi connectivity index (χ1) is 5.76. The van der Waals surface area contributed by atoms with Crippen LogP contribution >= 0.6 is 0 Å². The van der Waals surface area contributed by atoms with Gasteiger partial charge in [0.15, 0.2) is 0 Å². The van der Waals surface area contributed by atoms with Crippen LogP contribution in [0.3, 0.4) is 0 Å². The molecule has 3 heteroatoms. The summed E-state index contributed by atoms with van der Waals surface area (Å²) in [5, 5.41) is 2.61.